The van der Waals surface area contributed by atoms with Crippen LogP contribution >= 0.6 is 0 Å². The molecule has 1 aromatic rings. The average Bonchev–Trinajstić information content (AvgIpc) is 2.70. The van der Waals surface area contributed by atoms with Crippen LogP contribution in [0.1, 0.15) is 41.9 Å². The number of aliphatic hydroxyl groups excluding tert-OH is 1. The first kappa shape index (κ1) is 11.7. The van der Waals surface area contributed by atoms with E-state index in [2.05, 4.69) is 0 Å². The van der Waals surface area contributed by atoms with Crippen molar-refractivity contribution < 1.29 is 14.3 Å². The van der Waals surface area contributed by atoms with E-state index in [4.69, 9.17) is 4.42 Å². The minimum atomic E-state index is -0.570. The molecular formula is C15H18O3. The Kier molecular flexibility index (Phi) is 2.33. The van der Waals surface area contributed by atoms with Crippen molar-refractivity contribution in [3.05, 3.63) is 34.8 Å². The summed E-state index contributed by atoms with van der Waals surface area (Å²) in [4.78, 5) is 12.8. The van der Waals surface area contributed by atoms with Crippen LogP contribution in [0.15, 0.2) is 22.3 Å². The molecule has 18 heavy (non-hydrogen) atoms. The fraction of sp³-hybridized carbons (Fsp3) is 0.533. The zero-order valence-electron chi connectivity index (χ0n) is 11.0. The fourth-order valence-corrected chi connectivity index (χ4v) is 3.33. The van der Waals surface area contributed by atoms with Crippen LogP contribution in [0.4, 0.5) is 0 Å². The zero-order valence-corrected chi connectivity index (χ0v) is 11.0. The maximum atomic E-state index is 12.8. The Morgan fingerprint density at radius 2 is 2.22 bits per heavy atom. The van der Waals surface area contributed by atoms with Gasteiger partial charge in [-0.15, -0.1) is 0 Å². The third-order valence-electron chi connectivity index (χ3n) is 4.86. The van der Waals surface area contributed by atoms with Crippen LogP contribution < -0.4 is 0 Å². The first-order chi connectivity index (χ1) is 8.46. The van der Waals surface area contributed by atoms with E-state index in [0.717, 1.165) is 22.5 Å². The third-order valence-corrected chi connectivity index (χ3v) is 4.86. The molecule has 1 aromatic heterocycles. The number of hydrogen-bond acceptors (Lipinski definition) is 3. The highest BCUT2D eigenvalue weighted by Gasteiger charge is 2.51. The van der Waals surface area contributed by atoms with E-state index >= 15 is 0 Å². The number of ketones is 1. The first-order valence-corrected chi connectivity index (χ1v) is 6.45. The Labute approximate surface area is 106 Å². The summed E-state index contributed by atoms with van der Waals surface area (Å²) < 4.78 is 5.49. The second-order valence-corrected chi connectivity index (χ2v) is 5.75. The van der Waals surface area contributed by atoms with Crippen LogP contribution in [0.3, 0.4) is 0 Å². The lowest BCUT2D eigenvalue weighted by atomic mass is 9.59. The smallest absolute Gasteiger partial charge is 0.176 e. The van der Waals surface area contributed by atoms with Crippen LogP contribution in [0.25, 0.3) is 0 Å². The van der Waals surface area contributed by atoms with Gasteiger partial charge in [-0.2, -0.15) is 0 Å². The highest BCUT2D eigenvalue weighted by molar-refractivity contribution is 6.06. The average molecular weight is 246 g/mol. The Balaban J connectivity index is 2.20. The van der Waals surface area contributed by atoms with E-state index in [1.165, 1.54) is 0 Å². The summed E-state index contributed by atoms with van der Waals surface area (Å²) in [5.74, 6) is 0.838. The second-order valence-electron chi connectivity index (χ2n) is 5.75. The molecule has 0 aromatic carbocycles. The van der Waals surface area contributed by atoms with E-state index in [-0.39, 0.29) is 11.7 Å². The van der Waals surface area contributed by atoms with E-state index in [9.17, 15) is 9.90 Å². The molecule has 1 N–H and O–H groups in total. The number of hydrogen-bond donors (Lipinski definition) is 1. The summed E-state index contributed by atoms with van der Waals surface area (Å²) in [7, 11) is 0. The lowest BCUT2D eigenvalue weighted by molar-refractivity contribution is 0.0348. The maximum Gasteiger partial charge on any atom is 0.176 e. The van der Waals surface area contributed by atoms with Crippen molar-refractivity contribution in [1.29, 1.82) is 0 Å². The van der Waals surface area contributed by atoms with Gasteiger partial charge in [-0.25, -0.2) is 0 Å². The fourth-order valence-electron chi connectivity index (χ4n) is 3.33. The number of Topliss-reactive ketones (excluding diaryl/α,β-unsaturated/α-hetero) is 1. The summed E-state index contributed by atoms with van der Waals surface area (Å²) in [6.45, 7) is 5.84. The Hall–Kier alpha value is -1.35. The van der Waals surface area contributed by atoms with Crippen molar-refractivity contribution in [2.45, 2.75) is 39.7 Å². The number of carbonyl (C=O) groups excluding carboxylic acids is 1. The van der Waals surface area contributed by atoms with Gasteiger partial charge in [0.2, 0.25) is 0 Å². The van der Waals surface area contributed by atoms with Crippen LogP contribution in [0.5, 0.6) is 0 Å². The number of furan rings is 1. The molecule has 3 nitrogen and oxygen atoms in total. The standard InChI is InChI=1S/C15H18O3/c1-8-7-18-12-6-10-4-5-11(16)9(2)15(10,3)14(17)13(8)12/h4,7,9,11,16H,5-6H2,1-3H3/t9-,11-,15+/m0/s1. The van der Waals surface area contributed by atoms with Crippen molar-refractivity contribution in [2.24, 2.45) is 11.3 Å². The number of aryl methyl sites for hydroxylation is 1. The summed E-state index contributed by atoms with van der Waals surface area (Å²) in [5, 5.41) is 10.0. The third kappa shape index (κ3) is 1.25. The van der Waals surface area contributed by atoms with Gasteiger partial charge in [0, 0.05) is 6.42 Å². The van der Waals surface area contributed by atoms with Crippen molar-refractivity contribution in [2.75, 3.05) is 0 Å². The molecule has 0 amide bonds. The number of allylic oxidation sites excluding steroid dienone is 1. The Bertz CT molecular complexity index is 552. The maximum absolute atomic E-state index is 12.8. The van der Waals surface area contributed by atoms with Gasteiger partial charge in [0.15, 0.2) is 5.78 Å². The SMILES string of the molecule is Cc1coc2c1C(=O)[C@@]1(C)C(=CC[C@H](O)[C@@H]1C)C2. The molecule has 3 heteroatoms. The molecule has 0 saturated heterocycles. The van der Waals surface area contributed by atoms with E-state index in [0.29, 0.717) is 12.8 Å². The minimum absolute atomic E-state index is 0.0487. The summed E-state index contributed by atoms with van der Waals surface area (Å²) in [6, 6.07) is 0. The first-order valence-electron chi connectivity index (χ1n) is 6.45. The lowest BCUT2D eigenvalue weighted by Crippen LogP contribution is -2.47. The zero-order chi connectivity index (χ0) is 13.1. The van der Waals surface area contributed by atoms with Gasteiger partial charge in [0.05, 0.1) is 23.3 Å². The number of carbonyl (C=O) groups is 1. The number of rotatable bonds is 0. The topological polar surface area (TPSA) is 50.4 Å². The van der Waals surface area contributed by atoms with Gasteiger partial charge >= 0.3 is 0 Å². The normalized spacial score (nSPS) is 34.9. The molecule has 0 fully saturated rings. The molecule has 0 spiro atoms. The monoisotopic (exact) mass is 246 g/mol. The molecule has 2 aliphatic carbocycles. The van der Waals surface area contributed by atoms with Crippen molar-refractivity contribution in [1.82, 2.24) is 0 Å². The largest absolute Gasteiger partial charge is 0.468 e. The van der Waals surface area contributed by atoms with Crippen LogP contribution in [0.2, 0.25) is 0 Å². The van der Waals surface area contributed by atoms with Crippen LogP contribution in [-0.4, -0.2) is 17.0 Å². The molecule has 1 heterocycles. The number of fused-ring (bicyclic) bond motifs is 2. The lowest BCUT2D eigenvalue weighted by Gasteiger charge is -2.44. The second kappa shape index (κ2) is 3.58. The molecule has 3 atom stereocenters. The van der Waals surface area contributed by atoms with Crippen molar-refractivity contribution in [3.63, 3.8) is 0 Å². The Morgan fingerprint density at radius 1 is 1.50 bits per heavy atom. The van der Waals surface area contributed by atoms with Crippen molar-refractivity contribution >= 4 is 5.78 Å². The van der Waals surface area contributed by atoms with Gasteiger partial charge in [0.1, 0.15) is 5.76 Å². The molecule has 2 aliphatic rings. The molecular weight excluding hydrogens is 228 g/mol. The van der Waals surface area contributed by atoms with Gasteiger partial charge < -0.3 is 9.52 Å². The van der Waals surface area contributed by atoms with Crippen molar-refractivity contribution in [3.8, 4) is 0 Å². The summed E-state index contributed by atoms with van der Waals surface area (Å²) in [6.07, 6.45) is 4.57. The molecule has 0 unspecified atom stereocenters. The molecule has 0 radical (unpaired) electrons. The molecule has 0 saturated carbocycles. The van der Waals surface area contributed by atoms with E-state index in [1.807, 2.05) is 26.8 Å². The molecule has 3 rings (SSSR count). The predicted octanol–water partition coefficient (Wildman–Crippen LogP) is 2.66. The summed E-state index contributed by atoms with van der Waals surface area (Å²) in [5.41, 5.74) is 2.17. The minimum Gasteiger partial charge on any atom is -0.468 e. The highest BCUT2D eigenvalue weighted by Crippen LogP contribution is 2.49. The Morgan fingerprint density at radius 3 is 2.94 bits per heavy atom. The van der Waals surface area contributed by atoms with Gasteiger partial charge in [-0.3, -0.25) is 4.79 Å². The number of aliphatic hydroxyl groups is 1. The molecule has 0 aliphatic heterocycles. The van der Waals surface area contributed by atoms with E-state index in [1.54, 1.807) is 6.26 Å². The van der Waals surface area contributed by atoms with E-state index < -0.39 is 11.5 Å². The van der Waals surface area contributed by atoms with Crippen LogP contribution in [0, 0.1) is 18.3 Å². The van der Waals surface area contributed by atoms with Crippen LogP contribution in [-0.2, 0) is 6.42 Å². The molecule has 96 valence electrons. The van der Waals surface area contributed by atoms with Gasteiger partial charge in [0.25, 0.3) is 0 Å². The predicted molar refractivity (Wildman–Crippen MR) is 67.5 cm³/mol. The molecule has 0 bridgehead atoms. The quantitative estimate of drug-likeness (QED) is 0.716. The van der Waals surface area contributed by atoms with Gasteiger partial charge in [-0.1, -0.05) is 18.6 Å². The highest BCUT2D eigenvalue weighted by atomic mass is 16.3. The summed E-state index contributed by atoms with van der Waals surface area (Å²) >= 11 is 0. The van der Waals surface area contributed by atoms with Gasteiger partial charge in [-0.05, 0) is 31.7 Å².